The first kappa shape index (κ1) is 18.7. The van der Waals surface area contributed by atoms with Crippen LogP contribution in [0.3, 0.4) is 0 Å². The molecular weight excluding hydrogens is 362 g/mol. The molecule has 0 atom stereocenters. The second-order valence-corrected chi connectivity index (χ2v) is 8.12. The van der Waals surface area contributed by atoms with Gasteiger partial charge in [0, 0.05) is 18.3 Å². The van der Waals surface area contributed by atoms with E-state index in [0.29, 0.717) is 31.7 Å². The Balaban J connectivity index is 1.59. The van der Waals surface area contributed by atoms with Crippen LogP contribution in [0.4, 0.5) is 8.78 Å². The molecular formula is C18H20F2N2O3S. The molecule has 0 saturated heterocycles. The highest BCUT2D eigenvalue weighted by Crippen LogP contribution is 2.26. The van der Waals surface area contributed by atoms with Crippen molar-refractivity contribution in [2.24, 2.45) is 0 Å². The number of pyridine rings is 1. The number of aromatic nitrogens is 1. The topological polar surface area (TPSA) is 68.3 Å². The molecule has 1 aromatic carbocycles. The van der Waals surface area contributed by atoms with Crippen LogP contribution in [0.2, 0.25) is 0 Å². The first-order valence-electron chi connectivity index (χ1n) is 8.40. The average Bonchev–Trinajstić information content (AvgIpc) is 2.57. The predicted molar refractivity (Wildman–Crippen MR) is 92.3 cm³/mol. The highest BCUT2D eigenvalue weighted by molar-refractivity contribution is 7.89. The van der Waals surface area contributed by atoms with Crippen LogP contribution in [0.25, 0.3) is 0 Å². The van der Waals surface area contributed by atoms with Crippen LogP contribution in [0, 0.1) is 18.6 Å². The first-order chi connectivity index (χ1) is 12.3. The SMILES string of the molecule is Cc1ncccc1OC1CCC(NS(=O)(=O)c2cc(F)cc(F)c2)CC1. The molecule has 1 heterocycles. The van der Waals surface area contributed by atoms with Gasteiger partial charge < -0.3 is 4.74 Å². The van der Waals surface area contributed by atoms with Gasteiger partial charge in [0.2, 0.25) is 10.0 Å². The molecule has 0 spiro atoms. The molecule has 1 fully saturated rings. The molecule has 0 radical (unpaired) electrons. The van der Waals surface area contributed by atoms with Crippen molar-refractivity contribution in [3.63, 3.8) is 0 Å². The van der Waals surface area contributed by atoms with E-state index in [0.717, 1.165) is 23.6 Å². The van der Waals surface area contributed by atoms with E-state index in [4.69, 9.17) is 4.74 Å². The van der Waals surface area contributed by atoms with E-state index in [1.54, 1.807) is 12.3 Å². The second kappa shape index (κ2) is 7.67. The van der Waals surface area contributed by atoms with Crippen molar-refractivity contribution in [3.8, 4) is 5.75 Å². The van der Waals surface area contributed by atoms with E-state index in [2.05, 4.69) is 9.71 Å². The molecule has 0 amide bonds. The number of benzene rings is 1. The third-order valence-corrected chi connectivity index (χ3v) is 5.89. The number of halogens is 2. The van der Waals surface area contributed by atoms with E-state index in [-0.39, 0.29) is 12.1 Å². The van der Waals surface area contributed by atoms with Crippen LogP contribution >= 0.6 is 0 Å². The lowest BCUT2D eigenvalue weighted by atomic mass is 9.93. The summed E-state index contributed by atoms with van der Waals surface area (Å²) in [6.07, 6.45) is 4.22. The Kier molecular flexibility index (Phi) is 5.52. The quantitative estimate of drug-likeness (QED) is 0.861. The Bertz CT molecular complexity index is 862. The number of nitrogens with one attached hydrogen (secondary N) is 1. The molecule has 0 aliphatic heterocycles. The number of ether oxygens (including phenoxy) is 1. The predicted octanol–water partition coefficient (Wildman–Crippen LogP) is 3.34. The molecule has 1 N–H and O–H groups in total. The van der Waals surface area contributed by atoms with Gasteiger partial charge in [-0.3, -0.25) is 4.98 Å². The largest absolute Gasteiger partial charge is 0.489 e. The zero-order valence-corrected chi connectivity index (χ0v) is 15.1. The monoisotopic (exact) mass is 382 g/mol. The number of sulfonamides is 1. The maximum atomic E-state index is 13.3. The van der Waals surface area contributed by atoms with Gasteiger partial charge in [-0.05, 0) is 56.9 Å². The normalized spacial score (nSPS) is 20.7. The average molecular weight is 382 g/mol. The fourth-order valence-electron chi connectivity index (χ4n) is 3.04. The number of aryl methyl sites for hydroxylation is 1. The molecule has 1 saturated carbocycles. The lowest BCUT2D eigenvalue weighted by Gasteiger charge is -2.29. The molecule has 140 valence electrons. The summed E-state index contributed by atoms with van der Waals surface area (Å²) < 4.78 is 59.7. The van der Waals surface area contributed by atoms with E-state index >= 15 is 0 Å². The fourth-order valence-corrected chi connectivity index (χ4v) is 4.39. The molecule has 1 aliphatic rings. The van der Waals surface area contributed by atoms with Gasteiger partial charge in [0.25, 0.3) is 0 Å². The minimum Gasteiger partial charge on any atom is -0.489 e. The minimum absolute atomic E-state index is 0.00901. The lowest BCUT2D eigenvalue weighted by molar-refractivity contribution is 0.142. The van der Waals surface area contributed by atoms with Crippen molar-refractivity contribution in [1.82, 2.24) is 9.71 Å². The van der Waals surface area contributed by atoms with Gasteiger partial charge in [-0.1, -0.05) is 0 Å². The third-order valence-electron chi connectivity index (χ3n) is 4.39. The first-order valence-corrected chi connectivity index (χ1v) is 9.88. The Hall–Kier alpha value is -2.06. The summed E-state index contributed by atoms with van der Waals surface area (Å²) in [5.41, 5.74) is 0.809. The molecule has 8 heteroatoms. The van der Waals surface area contributed by atoms with Crippen molar-refractivity contribution in [2.75, 3.05) is 0 Å². The number of hydrogen-bond acceptors (Lipinski definition) is 4. The summed E-state index contributed by atoms with van der Waals surface area (Å²) in [5.74, 6) is -1.12. The Morgan fingerprint density at radius 1 is 1.12 bits per heavy atom. The molecule has 0 bridgehead atoms. The standard InChI is InChI=1S/C18H20F2N2O3S/c1-12-18(3-2-8-21-12)25-16-6-4-15(5-7-16)22-26(23,24)17-10-13(19)9-14(20)11-17/h2-3,8-11,15-16,22H,4-7H2,1H3. The maximum absolute atomic E-state index is 13.3. The molecule has 1 aromatic heterocycles. The Morgan fingerprint density at radius 3 is 2.38 bits per heavy atom. The molecule has 3 rings (SSSR count). The number of rotatable bonds is 5. The zero-order valence-electron chi connectivity index (χ0n) is 14.3. The van der Waals surface area contributed by atoms with Crippen LogP contribution in [-0.4, -0.2) is 25.5 Å². The van der Waals surface area contributed by atoms with Gasteiger partial charge >= 0.3 is 0 Å². The van der Waals surface area contributed by atoms with Crippen molar-refractivity contribution >= 4 is 10.0 Å². The van der Waals surface area contributed by atoms with E-state index in [1.165, 1.54) is 0 Å². The van der Waals surface area contributed by atoms with Crippen LogP contribution in [0.1, 0.15) is 31.4 Å². The Labute approximate surface area is 151 Å². The van der Waals surface area contributed by atoms with Gasteiger partial charge in [-0.15, -0.1) is 0 Å². The van der Waals surface area contributed by atoms with Gasteiger partial charge in [0.15, 0.2) is 0 Å². The van der Waals surface area contributed by atoms with E-state index in [9.17, 15) is 17.2 Å². The smallest absolute Gasteiger partial charge is 0.241 e. The van der Waals surface area contributed by atoms with E-state index in [1.807, 2.05) is 13.0 Å². The molecule has 2 aromatic rings. The summed E-state index contributed by atoms with van der Waals surface area (Å²) in [6.45, 7) is 1.87. The van der Waals surface area contributed by atoms with Crippen molar-refractivity contribution in [3.05, 3.63) is 53.9 Å². The van der Waals surface area contributed by atoms with Gasteiger partial charge in [0.1, 0.15) is 17.4 Å². The molecule has 26 heavy (non-hydrogen) atoms. The van der Waals surface area contributed by atoms with Gasteiger partial charge in [-0.25, -0.2) is 21.9 Å². The van der Waals surface area contributed by atoms with Crippen LogP contribution < -0.4 is 9.46 Å². The fraction of sp³-hybridized carbons (Fsp3) is 0.389. The number of hydrogen-bond donors (Lipinski definition) is 1. The maximum Gasteiger partial charge on any atom is 0.241 e. The Morgan fingerprint density at radius 2 is 1.77 bits per heavy atom. The summed E-state index contributed by atoms with van der Waals surface area (Å²) in [4.78, 5) is 3.77. The third kappa shape index (κ3) is 4.56. The van der Waals surface area contributed by atoms with Gasteiger partial charge in [-0.2, -0.15) is 0 Å². The van der Waals surface area contributed by atoms with Crippen molar-refractivity contribution < 1.29 is 21.9 Å². The molecule has 5 nitrogen and oxygen atoms in total. The van der Waals surface area contributed by atoms with Crippen molar-refractivity contribution in [2.45, 2.75) is 49.6 Å². The van der Waals surface area contributed by atoms with Crippen LogP contribution in [0.15, 0.2) is 41.4 Å². The van der Waals surface area contributed by atoms with Crippen LogP contribution in [-0.2, 0) is 10.0 Å². The summed E-state index contributed by atoms with van der Waals surface area (Å²) in [5, 5.41) is 0. The van der Waals surface area contributed by atoms with Crippen LogP contribution in [0.5, 0.6) is 5.75 Å². The summed E-state index contributed by atoms with van der Waals surface area (Å²) >= 11 is 0. The van der Waals surface area contributed by atoms with E-state index < -0.39 is 26.6 Å². The highest BCUT2D eigenvalue weighted by Gasteiger charge is 2.27. The molecule has 0 unspecified atom stereocenters. The zero-order chi connectivity index (χ0) is 18.7. The van der Waals surface area contributed by atoms with Gasteiger partial charge in [0.05, 0.1) is 16.7 Å². The lowest BCUT2D eigenvalue weighted by Crippen LogP contribution is -2.39. The number of nitrogens with zero attached hydrogens (tertiary/aromatic N) is 1. The summed E-state index contributed by atoms with van der Waals surface area (Å²) in [7, 11) is -3.97. The molecule has 1 aliphatic carbocycles. The minimum atomic E-state index is -3.97. The van der Waals surface area contributed by atoms with Crippen molar-refractivity contribution in [1.29, 1.82) is 0 Å². The second-order valence-electron chi connectivity index (χ2n) is 6.40. The summed E-state index contributed by atoms with van der Waals surface area (Å²) in [6, 6.07) is 5.63. The highest BCUT2D eigenvalue weighted by atomic mass is 32.2.